The highest BCUT2D eigenvalue weighted by Gasteiger charge is 2.26. The molecule has 1 unspecified atom stereocenters. The van der Waals surface area contributed by atoms with Crippen molar-refractivity contribution in [2.75, 3.05) is 0 Å². The van der Waals surface area contributed by atoms with Crippen molar-refractivity contribution in [2.45, 2.75) is 46.0 Å². The summed E-state index contributed by atoms with van der Waals surface area (Å²) in [7, 11) is 0. The first-order valence-corrected chi connectivity index (χ1v) is 5.66. The van der Waals surface area contributed by atoms with E-state index in [4.69, 9.17) is 0 Å². The van der Waals surface area contributed by atoms with Crippen LogP contribution in [0.4, 0.5) is 0 Å². The van der Waals surface area contributed by atoms with E-state index in [-0.39, 0.29) is 0 Å². The Morgan fingerprint density at radius 1 is 1.21 bits per heavy atom. The summed E-state index contributed by atoms with van der Waals surface area (Å²) >= 11 is 0. The van der Waals surface area contributed by atoms with E-state index >= 15 is 0 Å². The molecule has 0 radical (unpaired) electrons. The molecule has 0 nitrogen and oxygen atoms in total. The molecule has 0 saturated heterocycles. The van der Waals surface area contributed by atoms with Gasteiger partial charge in [0.25, 0.3) is 0 Å². The molecule has 0 heteroatoms. The molecule has 1 aliphatic rings. The topological polar surface area (TPSA) is 0 Å². The summed E-state index contributed by atoms with van der Waals surface area (Å²) in [6.45, 7) is 7.16. The van der Waals surface area contributed by atoms with Crippen LogP contribution in [0, 0.1) is 5.41 Å². The second-order valence-electron chi connectivity index (χ2n) is 5.47. The van der Waals surface area contributed by atoms with Crippen molar-refractivity contribution in [3.8, 4) is 0 Å². The van der Waals surface area contributed by atoms with E-state index in [2.05, 4.69) is 45.0 Å². The van der Waals surface area contributed by atoms with Crippen LogP contribution in [0.5, 0.6) is 0 Å². The quantitative estimate of drug-likeness (QED) is 0.536. The molecule has 0 bridgehead atoms. The fourth-order valence-electron chi connectivity index (χ4n) is 2.76. The van der Waals surface area contributed by atoms with E-state index < -0.39 is 0 Å². The number of fused-ring (bicyclic) bond motifs is 1. The molecule has 0 spiro atoms. The lowest BCUT2D eigenvalue weighted by atomic mass is 9.81. The van der Waals surface area contributed by atoms with Crippen molar-refractivity contribution in [2.24, 2.45) is 5.41 Å². The lowest BCUT2D eigenvalue weighted by molar-refractivity contribution is 0.298. The normalized spacial score (nSPS) is 25.2. The molecular weight excluding hydrogens is 168 g/mol. The van der Waals surface area contributed by atoms with Crippen molar-refractivity contribution in [1.29, 1.82) is 0 Å². The van der Waals surface area contributed by atoms with Gasteiger partial charge in [0.05, 0.1) is 0 Å². The molecule has 0 heterocycles. The zero-order valence-corrected chi connectivity index (χ0v) is 9.51. The predicted octanol–water partition coefficient (Wildman–Crippen LogP) is 4.15. The van der Waals surface area contributed by atoms with Crippen LogP contribution >= 0.6 is 0 Å². The van der Waals surface area contributed by atoms with Crippen molar-refractivity contribution in [3.05, 3.63) is 35.4 Å². The molecule has 76 valence electrons. The average molecular weight is 188 g/mol. The Balaban J connectivity index is 2.36. The second-order valence-corrected chi connectivity index (χ2v) is 5.47. The third-order valence-corrected chi connectivity index (χ3v) is 3.52. The van der Waals surface area contributed by atoms with Gasteiger partial charge in [-0.3, -0.25) is 0 Å². The molecule has 1 aliphatic carbocycles. The summed E-state index contributed by atoms with van der Waals surface area (Å²) in [5.41, 5.74) is 3.67. The van der Waals surface area contributed by atoms with E-state index in [0.29, 0.717) is 5.41 Å². The van der Waals surface area contributed by atoms with Crippen molar-refractivity contribution in [1.82, 2.24) is 0 Å². The smallest absolute Gasteiger partial charge is 0.0183 e. The van der Waals surface area contributed by atoms with Gasteiger partial charge in [-0.1, -0.05) is 45.0 Å². The minimum atomic E-state index is 0.512. The maximum absolute atomic E-state index is 2.40. The third-order valence-electron chi connectivity index (χ3n) is 3.52. The standard InChI is InChI=1S/C14H20/c1-11-10-14(2,3)9-8-12-6-4-5-7-13(11)12/h4-7,11H,8-10H2,1-3H3. The fraction of sp³-hybridized carbons (Fsp3) is 0.571. The van der Waals surface area contributed by atoms with Gasteiger partial charge >= 0.3 is 0 Å². The number of aryl methyl sites for hydroxylation is 1. The van der Waals surface area contributed by atoms with Gasteiger partial charge in [-0.25, -0.2) is 0 Å². The zero-order valence-electron chi connectivity index (χ0n) is 9.51. The monoisotopic (exact) mass is 188 g/mol. The Bertz CT molecular complexity index is 323. The van der Waals surface area contributed by atoms with Gasteiger partial charge in [0.15, 0.2) is 0 Å². The summed E-state index contributed by atoms with van der Waals surface area (Å²) in [6, 6.07) is 8.95. The van der Waals surface area contributed by atoms with Crippen molar-refractivity contribution in [3.63, 3.8) is 0 Å². The average Bonchev–Trinajstić information content (AvgIpc) is 2.24. The summed E-state index contributed by atoms with van der Waals surface area (Å²) in [5.74, 6) is 0.726. The Hall–Kier alpha value is -0.780. The van der Waals surface area contributed by atoms with Crippen molar-refractivity contribution < 1.29 is 0 Å². The molecule has 0 aromatic heterocycles. The third kappa shape index (κ3) is 1.84. The van der Waals surface area contributed by atoms with Gasteiger partial charge < -0.3 is 0 Å². The SMILES string of the molecule is CC1CC(C)(C)CCc2ccccc21. The summed E-state index contributed by atoms with van der Waals surface area (Å²) < 4.78 is 0. The van der Waals surface area contributed by atoms with Gasteiger partial charge in [0.2, 0.25) is 0 Å². The molecule has 1 aromatic rings. The molecule has 2 rings (SSSR count). The molecule has 1 atom stereocenters. The van der Waals surface area contributed by atoms with E-state index in [0.717, 1.165) is 5.92 Å². The largest absolute Gasteiger partial charge is 0.0620 e. The number of hydrogen-bond acceptors (Lipinski definition) is 0. The minimum absolute atomic E-state index is 0.512. The van der Waals surface area contributed by atoms with Crippen LogP contribution in [0.2, 0.25) is 0 Å². The van der Waals surface area contributed by atoms with Gasteiger partial charge in [0, 0.05) is 0 Å². The van der Waals surface area contributed by atoms with E-state index in [9.17, 15) is 0 Å². The molecular formula is C14H20. The highest BCUT2D eigenvalue weighted by Crippen LogP contribution is 2.39. The van der Waals surface area contributed by atoms with Gasteiger partial charge in [0.1, 0.15) is 0 Å². The Morgan fingerprint density at radius 3 is 2.71 bits per heavy atom. The van der Waals surface area contributed by atoms with Crippen LogP contribution in [-0.4, -0.2) is 0 Å². The first kappa shape index (κ1) is 9.76. The summed E-state index contributed by atoms with van der Waals surface area (Å²) in [5, 5.41) is 0. The summed E-state index contributed by atoms with van der Waals surface area (Å²) in [6.07, 6.45) is 3.91. The molecule has 14 heavy (non-hydrogen) atoms. The van der Waals surface area contributed by atoms with Gasteiger partial charge in [-0.05, 0) is 41.7 Å². The lowest BCUT2D eigenvalue weighted by Gasteiger charge is -2.24. The Kier molecular flexibility index (Phi) is 2.38. The van der Waals surface area contributed by atoms with Crippen LogP contribution in [-0.2, 0) is 6.42 Å². The highest BCUT2D eigenvalue weighted by molar-refractivity contribution is 5.31. The first-order chi connectivity index (χ1) is 6.58. The molecule has 0 fully saturated rings. The van der Waals surface area contributed by atoms with Crippen LogP contribution < -0.4 is 0 Å². The first-order valence-electron chi connectivity index (χ1n) is 5.66. The van der Waals surface area contributed by atoms with E-state index in [1.165, 1.54) is 19.3 Å². The minimum Gasteiger partial charge on any atom is -0.0620 e. The Morgan fingerprint density at radius 2 is 1.93 bits per heavy atom. The molecule has 0 N–H and O–H groups in total. The molecule has 0 aliphatic heterocycles. The Labute approximate surface area is 87.3 Å². The number of hydrogen-bond donors (Lipinski definition) is 0. The van der Waals surface area contributed by atoms with Crippen LogP contribution in [0.15, 0.2) is 24.3 Å². The highest BCUT2D eigenvalue weighted by atomic mass is 14.3. The van der Waals surface area contributed by atoms with Crippen molar-refractivity contribution >= 4 is 0 Å². The maximum Gasteiger partial charge on any atom is -0.0183 e. The van der Waals surface area contributed by atoms with Gasteiger partial charge in [-0.15, -0.1) is 0 Å². The second kappa shape index (κ2) is 3.42. The lowest BCUT2D eigenvalue weighted by Crippen LogP contribution is -2.12. The summed E-state index contributed by atoms with van der Waals surface area (Å²) in [4.78, 5) is 0. The van der Waals surface area contributed by atoms with E-state index in [1.807, 2.05) is 0 Å². The van der Waals surface area contributed by atoms with Gasteiger partial charge in [-0.2, -0.15) is 0 Å². The van der Waals surface area contributed by atoms with Crippen LogP contribution in [0.1, 0.15) is 50.7 Å². The van der Waals surface area contributed by atoms with Crippen LogP contribution in [0.3, 0.4) is 0 Å². The predicted molar refractivity (Wildman–Crippen MR) is 61.6 cm³/mol. The van der Waals surface area contributed by atoms with E-state index in [1.54, 1.807) is 11.1 Å². The van der Waals surface area contributed by atoms with Crippen LogP contribution in [0.25, 0.3) is 0 Å². The molecule has 0 saturated carbocycles. The molecule has 0 amide bonds. The maximum atomic E-state index is 2.40. The fourth-order valence-corrected chi connectivity index (χ4v) is 2.76. The number of benzene rings is 1. The number of rotatable bonds is 0. The zero-order chi connectivity index (χ0) is 10.2. The molecule has 1 aromatic carbocycles.